The highest BCUT2D eigenvalue weighted by Crippen LogP contribution is 2.40. The standard InChI is InChI=1S/C17H18N2O2/c20-15(12-19-11-5-4-8-16(19)21)18-17(14-9-10-14)13-6-2-1-3-7-13/h1-8,11,14,17H,9-10,12H2,(H,18,20). The molecule has 1 atom stereocenters. The van der Waals surface area contributed by atoms with Gasteiger partial charge in [-0.3, -0.25) is 9.59 Å². The molecule has 0 radical (unpaired) electrons. The van der Waals surface area contributed by atoms with Gasteiger partial charge in [-0.1, -0.05) is 36.4 Å². The van der Waals surface area contributed by atoms with E-state index in [1.54, 1.807) is 18.3 Å². The second-order valence-electron chi connectivity index (χ2n) is 5.46. The topological polar surface area (TPSA) is 51.1 Å². The van der Waals surface area contributed by atoms with Crippen molar-refractivity contribution in [3.63, 3.8) is 0 Å². The number of carbonyl (C=O) groups is 1. The van der Waals surface area contributed by atoms with Gasteiger partial charge in [0.2, 0.25) is 5.91 Å². The van der Waals surface area contributed by atoms with E-state index in [-0.39, 0.29) is 24.1 Å². The van der Waals surface area contributed by atoms with E-state index in [1.807, 2.05) is 30.3 Å². The first kappa shape index (κ1) is 13.6. The van der Waals surface area contributed by atoms with Gasteiger partial charge in [-0.15, -0.1) is 0 Å². The molecular weight excluding hydrogens is 264 g/mol. The van der Waals surface area contributed by atoms with Gasteiger partial charge in [0.25, 0.3) is 5.56 Å². The maximum Gasteiger partial charge on any atom is 0.250 e. The molecule has 1 aromatic heterocycles. The fourth-order valence-electron chi connectivity index (χ4n) is 2.53. The van der Waals surface area contributed by atoms with Crippen LogP contribution in [0.15, 0.2) is 59.5 Å². The fraction of sp³-hybridized carbons (Fsp3) is 0.294. The van der Waals surface area contributed by atoms with Gasteiger partial charge < -0.3 is 9.88 Å². The summed E-state index contributed by atoms with van der Waals surface area (Å²) in [4.78, 5) is 23.8. The van der Waals surface area contributed by atoms with Crippen molar-refractivity contribution in [2.45, 2.75) is 25.4 Å². The molecule has 1 fully saturated rings. The highest BCUT2D eigenvalue weighted by atomic mass is 16.2. The lowest BCUT2D eigenvalue weighted by Gasteiger charge is -2.19. The van der Waals surface area contributed by atoms with E-state index in [2.05, 4.69) is 5.32 Å². The van der Waals surface area contributed by atoms with E-state index in [9.17, 15) is 9.59 Å². The van der Waals surface area contributed by atoms with Crippen LogP contribution in [-0.4, -0.2) is 10.5 Å². The van der Waals surface area contributed by atoms with Crippen LogP contribution in [-0.2, 0) is 11.3 Å². The Kier molecular flexibility index (Phi) is 3.86. The van der Waals surface area contributed by atoms with Crippen LogP contribution in [0.5, 0.6) is 0 Å². The molecule has 1 unspecified atom stereocenters. The van der Waals surface area contributed by atoms with Gasteiger partial charge in [0, 0.05) is 12.3 Å². The number of pyridine rings is 1. The smallest absolute Gasteiger partial charge is 0.250 e. The summed E-state index contributed by atoms with van der Waals surface area (Å²) in [6.07, 6.45) is 3.92. The van der Waals surface area contributed by atoms with Crippen LogP contribution in [0, 0.1) is 5.92 Å². The summed E-state index contributed by atoms with van der Waals surface area (Å²) in [7, 11) is 0. The highest BCUT2D eigenvalue weighted by Gasteiger charge is 2.33. The number of rotatable bonds is 5. The quantitative estimate of drug-likeness (QED) is 0.913. The van der Waals surface area contributed by atoms with E-state index in [4.69, 9.17) is 0 Å². The van der Waals surface area contributed by atoms with Crippen molar-refractivity contribution in [3.05, 3.63) is 70.6 Å². The van der Waals surface area contributed by atoms with Crippen LogP contribution < -0.4 is 10.9 Å². The van der Waals surface area contributed by atoms with Crippen molar-refractivity contribution < 1.29 is 4.79 Å². The molecule has 4 heteroatoms. The molecule has 2 aromatic rings. The molecule has 108 valence electrons. The zero-order chi connectivity index (χ0) is 14.7. The van der Waals surface area contributed by atoms with Gasteiger partial charge in [0.15, 0.2) is 0 Å². The molecule has 0 saturated heterocycles. The normalized spacial score (nSPS) is 15.4. The Bertz CT molecular complexity index is 674. The summed E-state index contributed by atoms with van der Waals surface area (Å²) in [6, 6.07) is 15.0. The molecule has 1 saturated carbocycles. The Morgan fingerprint density at radius 2 is 1.86 bits per heavy atom. The van der Waals surface area contributed by atoms with Crippen LogP contribution >= 0.6 is 0 Å². The number of nitrogens with zero attached hydrogens (tertiary/aromatic N) is 1. The third-order valence-electron chi connectivity index (χ3n) is 3.78. The second-order valence-corrected chi connectivity index (χ2v) is 5.46. The monoisotopic (exact) mass is 282 g/mol. The van der Waals surface area contributed by atoms with Crippen molar-refractivity contribution in [2.75, 3.05) is 0 Å². The molecular formula is C17H18N2O2. The molecule has 0 spiro atoms. The maximum atomic E-state index is 12.2. The van der Waals surface area contributed by atoms with E-state index >= 15 is 0 Å². The molecule has 1 heterocycles. The van der Waals surface area contributed by atoms with Gasteiger partial charge in [-0.2, -0.15) is 0 Å². The van der Waals surface area contributed by atoms with E-state index in [1.165, 1.54) is 10.6 Å². The zero-order valence-electron chi connectivity index (χ0n) is 11.7. The number of nitrogens with one attached hydrogen (secondary N) is 1. The molecule has 0 aliphatic heterocycles. The number of hydrogen-bond acceptors (Lipinski definition) is 2. The van der Waals surface area contributed by atoms with Crippen molar-refractivity contribution in [1.29, 1.82) is 0 Å². The molecule has 0 bridgehead atoms. The van der Waals surface area contributed by atoms with Crippen LogP contribution in [0.2, 0.25) is 0 Å². The molecule has 1 aliphatic rings. The lowest BCUT2D eigenvalue weighted by atomic mass is 10.0. The first-order valence-corrected chi connectivity index (χ1v) is 7.24. The number of benzene rings is 1. The van der Waals surface area contributed by atoms with Crippen molar-refractivity contribution in [1.82, 2.24) is 9.88 Å². The molecule has 21 heavy (non-hydrogen) atoms. The average Bonchev–Trinajstić information content (AvgIpc) is 3.33. The minimum Gasteiger partial charge on any atom is -0.347 e. The van der Waals surface area contributed by atoms with E-state index < -0.39 is 0 Å². The average molecular weight is 282 g/mol. The van der Waals surface area contributed by atoms with Crippen LogP contribution in [0.3, 0.4) is 0 Å². The third-order valence-corrected chi connectivity index (χ3v) is 3.78. The van der Waals surface area contributed by atoms with Crippen molar-refractivity contribution in [3.8, 4) is 0 Å². The predicted molar refractivity (Wildman–Crippen MR) is 80.8 cm³/mol. The summed E-state index contributed by atoms with van der Waals surface area (Å²) in [5.41, 5.74) is 0.976. The molecule has 1 aromatic carbocycles. The molecule has 3 rings (SSSR count). The Morgan fingerprint density at radius 1 is 1.14 bits per heavy atom. The summed E-state index contributed by atoms with van der Waals surface area (Å²) < 4.78 is 1.42. The number of aromatic nitrogens is 1. The minimum atomic E-state index is -0.157. The van der Waals surface area contributed by atoms with Crippen LogP contribution in [0.4, 0.5) is 0 Å². The molecule has 1 amide bonds. The van der Waals surface area contributed by atoms with E-state index in [0.717, 1.165) is 18.4 Å². The number of carbonyl (C=O) groups excluding carboxylic acids is 1. The van der Waals surface area contributed by atoms with Gasteiger partial charge in [0.05, 0.1) is 6.04 Å². The first-order chi connectivity index (χ1) is 10.2. The molecule has 4 nitrogen and oxygen atoms in total. The first-order valence-electron chi connectivity index (χ1n) is 7.24. The lowest BCUT2D eigenvalue weighted by Crippen LogP contribution is -2.35. The molecule has 1 aliphatic carbocycles. The highest BCUT2D eigenvalue weighted by molar-refractivity contribution is 5.76. The predicted octanol–water partition coefficient (Wildman–Crippen LogP) is 2.12. The summed E-state index contributed by atoms with van der Waals surface area (Å²) in [6.45, 7) is 0.0652. The van der Waals surface area contributed by atoms with E-state index in [0.29, 0.717) is 5.92 Å². The lowest BCUT2D eigenvalue weighted by molar-refractivity contribution is -0.122. The number of amides is 1. The van der Waals surface area contributed by atoms with Gasteiger partial charge in [-0.05, 0) is 30.4 Å². The van der Waals surface area contributed by atoms with Crippen LogP contribution in [0.1, 0.15) is 24.4 Å². The van der Waals surface area contributed by atoms with Gasteiger partial charge in [-0.25, -0.2) is 0 Å². The maximum absolute atomic E-state index is 12.2. The fourth-order valence-corrected chi connectivity index (χ4v) is 2.53. The summed E-state index contributed by atoms with van der Waals surface area (Å²) in [5, 5.41) is 3.07. The summed E-state index contributed by atoms with van der Waals surface area (Å²) >= 11 is 0. The third kappa shape index (κ3) is 3.40. The largest absolute Gasteiger partial charge is 0.347 e. The van der Waals surface area contributed by atoms with Crippen LogP contribution in [0.25, 0.3) is 0 Å². The number of hydrogen-bond donors (Lipinski definition) is 1. The zero-order valence-corrected chi connectivity index (χ0v) is 11.7. The van der Waals surface area contributed by atoms with Crippen molar-refractivity contribution in [2.24, 2.45) is 5.92 Å². The van der Waals surface area contributed by atoms with Crippen molar-refractivity contribution >= 4 is 5.91 Å². The Balaban J connectivity index is 1.70. The second kappa shape index (κ2) is 5.95. The minimum absolute atomic E-state index is 0.0538. The van der Waals surface area contributed by atoms with Gasteiger partial charge in [0.1, 0.15) is 6.54 Å². The molecule has 1 N–H and O–H groups in total. The SMILES string of the molecule is O=C(Cn1ccccc1=O)NC(c1ccccc1)C1CC1. The Morgan fingerprint density at radius 3 is 2.52 bits per heavy atom. The Labute approximate surface area is 123 Å². The van der Waals surface area contributed by atoms with Gasteiger partial charge >= 0.3 is 0 Å². The Hall–Kier alpha value is -2.36. The summed E-state index contributed by atoms with van der Waals surface area (Å²) in [5.74, 6) is 0.396.